The average Bonchev–Trinajstić information content (AvgIpc) is 2.33. The summed E-state index contributed by atoms with van der Waals surface area (Å²) >= 11 is 9.33. The largest absolute Gasteiger partial charge is 0.378 e. The molecule has 4 heteroatoms. The Hall–Kier alpha value is -1.06. The number of benzene rings is 1. The number of anilines is 1. The Morgan fingerprint density at radius 3 is 2.59 bits per heavy atom. The summed E-state index contributed by atoms with van der Waals surface area (Å²) in [5.41, 5.74) is 2.22. The van der Waals surface area contributed by atoms with E-state index in [4.69, 9.17) is 11.6 Å². The van der Waals surface area contributed by atoms with Crippen molar-refractivity contribution in [1.82, 2.24) is 4.98 Å². The summed E-state index contributed by atoms with van der Waals surface area (Å²) in [4.78, 5) is 4.03. The smallest absolute Gasteiger partial charge is 0.0590 e. The molecular formula is C13H12BrClN2. The van der Waals surface area contributed by atoms with Gasteiger partial charge in [-0.15, -0.1) is 0 Å². The number of rotatable bonds is 3. The van der Waals surface area contributed by atoms with Crippen LogP contribution in [0.25, 0.3) is 0 Å². The van der Waals surface area contributed by atoms with Crippen LogP contribution in [0.1, 0.15) is 18.5 Å². The number of pyridine rings is 1. The molecule has 2 aromatic rings. The van der Waals surface area contributed by atoms with Crippen LogP contribution in [-0.4, -0.2) is 4.98 Å². The molecule has 0 aliphatic rings. The van der Waals surface area contributed by atoms with E-state index in [9.17, 15) is 0 Å². The van der Waals surface area contributed by atoms with Gasteiger partial charge in [0.1, 0.15) is 0 Å². The van der Waals surface area contributed by atoms with Crippen molar-refractivity contribution in [3.63, 3.8) is 0 Å². The van der Waals surface area contributed by atoms with Crippen LogP contribution in [0.2, 0.25) is 5.02 Å². The predicted molar refractivity (Wildman–Crippen MR) is 75.4 cm³/mol. The molecule has 2 rings (SSSR count). The van der Waals surface area contributed by atoms with Crippen LogP contribution in [0.15, 0.2) is 47.2 Å². The second-order valence-corrected chi connectivity index (χ2v) is 5.06. The molecule has 0 saturated heterocycles. The second kappa shape index (κ2) is 5.52. The van der Waals surface area contributed by atoms with Gasteiger partial charge < -0.3 is 5.32 Å². The zero-order valence-corrected chi connectivity index (χ0v) is 11.7. The lowest BCUT2D eigenvalue weighted by molar-refractivity contribution is 0.883. The summed E-state index contributed by atoms with van der Waals surface area (Å²) in [6, 6.07) is 10.00. The lowest BCUT2D eigenvalue weighted by Gasteiger charge is -2.16. The van der Waals surface area contributed by atoms with Crippen molar-refractivity contribution >= 4 is 33.2 Å². The number of aromatic nitrogens is 1. The van der Waals surface area contributed by atoms with Crippen molar-refractivity contribution < 1.29 is 0 Å². The van der Waals surface area contributed by atoms with Crippen LogP contribution in [-0.2, 0) is 0 Å². The molecule has 0 spiro atoms. The van der Waals surface area contributed by atoms with E-state index in [1.807, 2.05) is 30.3 Å². The fraction of sp³-hybridized carbons (Fsp3) is 0.154. The third-order valence-corrected chi connectivity index (χ3v) is 3.40. The van der Waals surface area contributed by atoms with E-state index in [1.165, 1.54) is 5.56 Å². The fourth-order valence-corrected chi connectivity index (χ4v) is 2.05. The molecule has 0 aliphatic carbocycles. The minimum Gasteiger partial charge on any atom is -0.378 e. The molecule has 0 saturated carbocycles. The quantitative estimate of drug-likeness (QED) is 0.891. The van der Waals surface area contributed by atoms with Gasteiger partial charge in [0.2, 0.25) is 0 Å². The molecule has 0 fully saturated rings. The van der Waals surface area contributed by atoms with Crippen LogP contribution in [0.4, 0.5) is 5.69 Å². The van der Waals surface area contributed by atoms with E-state index in [1.54, 1.807) is 12.4 Å². The number of hydrogen-bond acceptors (Lipinski definition) is 2. The molecule has 88 valence electrons. The maximum absolute atomic E-state index is 5.87. The van der Waals surface area contributed by atoms with Crippen molar-refractivity contribution in [1.29, 1.82) is 0 Å². The van der Waals surface area contributed by atoms with Crippen molar-refractivity contribution in [2.75, 3.05) is 5.32 Å². The minimum atomic E-state index is 0.214. The van der Waals surface area contributed by atoms with Crippen molar-refractivity contribution in [2.24, 2.45) is 0 Å². The van der Waals surface area contributed by atoms with Gasteiger partial charge in [-0.05, 0) is 46.6 Å². The van der Waals surface area contributed by atoms with E-state index in [0.717, 1.165) is 15.2 Å². The van der Waals surface area contributed by atoms with Crippen LogP contribution >= 0.6 is 27.5 Å². The summed E-state index contributed by atoms with van der Waals surface area (Å²) in [5.74, 6) is 0. The molecule has 0 amide bonds. The molecule has 1 atom stereocenters. The average molecular weight is 312 g/mol. The molecule has 1 aromatic carbocycles. The Morgan fingerprint density at radius 2 is 1.94 bits per heavy atom. The Kier molecular flexibility index (Phi) is 4.02. The van der Waals surface area contributed by atoms with Gasteiger partial charge in [0, 0.05) is 23.5 Å². The number of nitrogens with one attached hydrogen (secondary N) is 1. The zero-order chi connectivity index (χ0) is 12.3. The van der Waals surface area contributed by atoms with Crippen molar-refractivity contribution in [3.8, 4) is 0 Å². The molecule has 1 N–H and O–H groups in total. The van der Waals surface area contributed by atoms with Gasteiger partial charge in [-0.2, -0.15) is 0 Å². The molecule has 17 heavy (non-hydrogen) atoms. The van der Waals surface area contributed by atoms with Gasteiger partial charge >= 0.3 is 0 Å². The van der Waals surface area contributed by atoms with Crippen molar-refractivity contribution in [3.05, 3.63) is 57.8 Å². The standard InChI is InChI=1S/C13H12BrClN2/c1-9(10-2-4-11(15)5-3-10)17-13-6-7-16-8-12(13)14/h2-9H,1H3,(H,16,17). The maximum atomic E-state index is 5.87. The fourth-order valence-electron chi connectivity index (χ4n) is 1.56. The van der Waals surface area contributed by atoms with Crippen LogP contribution in [0, 0.1) is 0 Å². The van der Waals surface area contributed by atoms with E-state index >= 15 is 0 Å². The Bertz CT molecular complexity index is 499. The number of hydrogen-bond donors (Lipinski definition) is 1. The molecule has 1 unspecified atom stereocenters. The summed E-state index contributed by atoms with van der Waals surface area (Å²) in [6.07, 6.45) is 3.54. The first-order valence-corrected chi connectivity index (χ1v) is 6.45. The zero-order valence-electron chi connectivity index (χ0n) is 9.32. The lowest BCUT2D eigenvalue weighted by Crippen LogP contribution is -2.06. The highest BCUT2D eigenvalue weighted by Gasteiger charge is 2.06. The molecule has 2 nitrogen and oxygen atoms in total. The number of nitrogens with zero attached hydrogens (tertiary/aromatic N) is 1. The van der Waals surface area contributed by atoms with E-state index in [0.29, 0.717) is 0 Å². The second-order valence-electron chi connectivity index (χ2n) is 3.77. The summed E-state index contributed by atoms with van der Waals surface area (Å²) in [5, 5.41) is 4.17. The Labute approximate surface area is 114 Å². The predicted octanol–water partition coefficient (Wildman–Crippen LogP) is 4.67. The van der Waals surface area contributed by atoms with E-state index in [2.05, 4.69) is 33.2 Å². The van der Waals surface area contributed by atoms with Gasteiger partial charge in [0.05, 0.1) is 10.2 Å². The highest BCUT2D eigenvalue weighted by Crippen LogP contribution is 2.25. The monoisotopic (exact) mass is 310 g/mol. The van der Waals surface area contributed by atoms with Gasteiger partial charge in [0.15, 0.2) is 0 Å². The van der Waals surface area contributed by atoms with Gasteiger partial charge in [0.25, 0.3) is 0 Å². The van der Waals surface area contributed by atoms with Gasteiger partial charge in [-0.25, -0.2) is 0 Å². The topological polar surface area (TPSA) is 24.9 Å². The first-order chi connectivity index (χ1) is 8.16. The lowest BCUT2D eigenvalue weighted by atomic mass is 10.1. The first kappa shape index (κ1) is 12.4. The highest BCUT2D eigenvalue weighted by molar-refractivity contribution is 9.10. The molecule has 0 bridgehead atoms. The Morgan fingerprint density at radius 1 is 1.24 bits per heavy atom. The summed E-state index contributed by atoms with van der Waals surface area (Å²) < 4.78 is 0.959. The Balaban J connectivity index is 2.14. The highest BCUT2D eigenvalue weighted by atomic mass is 79.9. The SMILES string of the molecule is CC(Nc1ccncc1Br)c1ccc(Cl)cc1. The molecule has 0 aliphatic heterocycles. The minimum absolute atomic E-state index is 0.214. The molecular weight excluding hydrogens is 300 g/mol. The van der Waals surface area contributed by atoms with E-state index in [-0.39, 0.29) is 6.04 Å². The molecule has 1 heterocycles. The van der Waals surface area contributed by atoms with Crippen LogP contribution in [0.3, 0.4) is 0 Å². The number of halogens is 2. The molecule has 0 radical (unpaired) electrons. The van der Waals surface area contributed by atoms with Crippen LogP contribution < -0.4 is 5.32 Å². The maximum Gasteiger partial charge on any atom is 0.0590 e. The van der Waals surface area contributed by atoms with Gasteiger partial charge in [-0.3, -0.25) is 4.98 Å². The summed E-state index contributed by atoms with van der Waals surface area (Å²) in [7, 11) is 0. The van der Waals surface area contributed by atoms with Crippen molar-refractivity contribution in [2.45, 2.75) is 13.0 Å². The van der Waals surface area contributed by atoms with Gasteiger partial charge in [-0.1, -0.05) is 23.7 Å². The summed E-state index contributed by atoms with van der Waals surface area (Å²) in [6.45, 7) is 2.11. The van der Waals surface area contributed by atoms with Crippen LogP contribution in [0.5, 0.6) is 0 Å². The normalized spacial score (nSPS) is 12.2. The molecule has 1 aromatic heterocycles. The van der Waals surface area contributed by atoms with E-state index < -0.39 is 0 Å². The third kappa shape index (κ3) is 3.20. The third-order valence-electron chi connectivity index (χ3n) is 2.51. The first-order valence-electron chi connectivity index (χ1n) is 5.28.